The molecule has 0 bridgehead atoms. The fourth-order valence-electron chi connectivity index (χ4n) is 2.19. The summed E-state index contributed by atoms with van der Waals surface area (Å²) in [6.07, 6.45) is 2.86. The minimum absolute atomic E-state index is 0.0274. The molecule has 3 nitrogen and oxygen atoms in total. The summed E-state index contributed by atoms with van der Waals surface area (Å²) in [5.74, 6) is 0.120. The number of carbonyl (C=O) groups excluding carboxylic acids is 1. The van der Waals surface area contributed by atoms with E-state index >= 15 is 0 Å². The van der Waals surface area contributed by atoms with Crippen molar-refractivity contribution in [3.63, 3.8) is 0 Å². The molecule has 0 radical (unpaired) electrons. The Balaban J connectivity index is 2.49. The van der Waals surface area contributed by atoms with E-state index in [4.69, 9.17) is 5.73 Å². The van der Waals surface area contributed by atoms with Gasteiger partial charge in [0.2, 0.25) is 5.91 Å². The van der Waals surface area contributed by atoms with E-state index in [2.05, 4.69) is 11.4 Å². The van der Waals surface area contributed by atoms with Crippen molar-refractivity contribution in [3.05, 3.63) is 29.3 Å². The van der Waals surface area contributed by atoms with Crippen molar-refractivity contribution in [1.82, 2.24) is 0 Å². The second-order valence-electron chi connectivity index (χ2n) is 5.67. The van der Waals surface area contributed by atoms with Gasteiger partial charge < -0.3 is 11.1 Å². The highest BCUT2D eigenvalue weighted by atomic mass is 16.1. The van der Waals surface area contributed by atoms with Gasteiger partial charge in [-0.05, 0) is 56.9 Å². The van der Waals surface area contributed by atoms with Crippen molar-refractivity contribution in [1.29, 1.82) is 0 Å². The van der Waals surface area contributed by atoms with Gasteiger partial charge in [0.25, 0.3) is 0 Å². The maximum Gasteiger partial charge on any atom is 0.227 e. The average molecular weight is 262 g/mol. The Morgan fingerprint density at radius 3 is 2.26 bits per heavy atom. The van der Waals surface area contributed by atoms with Crippen LogP contribution in [0.3, 0.4) is 0 Å². The topological polar surface area (TPSA) is 55.1 Å². The number of nitrogens with two attached hydrogens (primary N) is 1. The number of anilines is 1. The Labute approximate surface area is 116 Å². The Bertz CT molecular complexity index is 407. The molecule has 0 aromatic heterocycles. The molecule has 0 aliphatic heterocycles. The van der Waals surface area contributed by atoms with Gasteiger partial charge in [0.1, 0.15) is 0 Å². The van der Waals surface area contributed by atoms with Gasteiger partial charge >= 0.3 is 0 Å². The number of hydrogen-bond donors (Lipinski definition) is 2. The smallest absolute Gasteiger partial charge is 0.227 e. The van der Waals surface area contributed by atoms with Crippen LogP contribution in [0.2, 0.25) is 0 Å². The summed E-state index contributed by atoms with van der Waals surface area (Å²) in [5.41, 5.74) is 8.93. The van der Waals surface area contributed by atoms with Crippen molar-refractivity contribution in [2.75, 3.05) is 5.32 Å². The molecule has 19 heavy (non-hydrogen) atoms. The van der Waals surface area contributed by atoms with Crippen LogP contribution in [0.4, 0.5) is 5.69 Å². The number of amides is 1. The number of benzene rings is 1. The lowest BCUT2D eigenvalue weighted by Crippen LogP contribution is -2.21. The maximum absolute atomic E-state index is 12.1. The zero-order valence-electron chi connectivity index (χ0n) is 12.5. The van der Waals surface area contributed by atoms with Crippen LogP contribution in [-0.4, -0.2) is 11.9 Å². The molecule has 0 saturated heterocycles. The van der Waals surface area contributed by atoms with Crippen molar-refractivity contribution >= 4 is 11.6 Å². The van der Waals surface area contributed by atoms with E-state index < -0.39 is 0 Å². The number of rotatable bonds is 6. The van der Waals surface area contributed by atoms with Crippen LogP contribution in [-0.2, 0) is 4.79 Å². The zero-order valence-corrected chi connectivity index (χ0v) is 12.5. The van der Waals surface area contributed by atoms with Gasteiger partial charge in [0.15, 0.2) is 0 Å². The predicted octanol–water partition coefficient (Wildman–Crippen LogP) is 3.40. The quantitative estimate of drug-likeness (QED) is 0.825. The molecule has 3 heteroatoms. The Hall–Kier alpha value is -1.35. The molecule has 106 valence electrons. The van der Waals surface area contributed by atoms with E-state index in [0.29, 0.717) is 0 Å². The molecule has 0 saturated carbocycles. The lowest BCUT2D eigenvalue weighted by molar-refractivity contribution is -0.119. The van der Waals surface area contributed by atoms with E-state index in [0.717, 1.165) is 24.9 Å². The highest BCUT2D eigenvalue weighted by Crippen LogP contribution is 2.16. The number of carbonyl (C=O) groups is 1. The van der Waals surface area contributed by atoms with Gasteiger partial charge in [-0.25, -0.2) is 0 Å². The van der Waals surface area contributed by atoms with E-state index in [9.17, 15) is 4.79 Å². The minimum atomic E-state index is 0.0274. The molecule has 0 aliphatic rings. The monoisotopic (exact) mass is 262 g/mol. The molecular weight excluding hydrogens is 236 g/mol. The second kappa shape index (κ2) is 7.29. The molecule has 1 aromatic rings. The number of aryl methyl sites for hydroxylation is 2. The van der Waals surface area contributed by atoms with Crippen LogP contribution >= 0.6 is 0 Å². The van der Waals surface area contributed by atoms with Gasteiger partial charge in [-0.1, -0.05) is 19.4 Å². The van der Waals surface area contributed by atoms with Crippen molar-refractivity contribution in [3.8, 4) is 0 Å². The van der Waals surface area contributed by atoms with E-state index in [1.54, 1.807) is 0 Å². The zero-order chi connectivity index (χ0) is 14.4. The summed E-state index contributed by atoms with van der Waals surface area (Å²) in [6, 6.07) is 6.32. The fraction of sp³-hybridized carbons (Fsp3) is 0.562. The summed E-state index contributed by atoms with van der Waals surface area (Å²) in [4.78, 5) is 12.1. The molecule has 1 aromatic carbocycles. The van der Waals surface area contributed by atoms with E-state index in [1.807, 2.05) is 39.8 Å². The third kappa shape index (κ3) is 5.88. The average Bonchev–Trinajstić information content (AvgIpc) is 2.26. The molecule has 2 unspecified atom stereocenters. The maximum atomic E-state index is 12.1. The van der Waals surface area contributed by atoms with Gasteiger partial charge in [-0.2, -0.15) is 0 Å². The SMILES string of the molecule is Cc1cc(C)cc(NC(=O)C(C)CCCC(C)N)c1. The van der Waals surface area contributed by atoms with Crippen molar-refractivity contribution < 1.29 is 4.79 Å². The molecular formula is C16H26N2O. The van der Waals surface area contributed by atoms with Crippen LogP contribution in [0.25, 0.3) is 0 Å². The minimum Gasteiger partial charge on any atom is -0.328 e. The normalized spacial score (nSPS) is 13.9. The van der Waals surface area contributed by atoms with Crippen molar-refractivity contribution in [2.45, 2.75) is 53.0 Å². The van der Waals surface area contributed by atoms with Gasteiger partial charge in [-0.3, -0.25) is 4.79 Å². The third-order valence-corrected chi connectivity index (χ3v) is 3.23. The fourth-order valence-corrected chi connectivity index (χ4v) is 2.19. The molecule has 2 atom stereocenters. The highest BCUT2D eigenvalue weighted by molar-refractivity contribution is 5.92. The molecule has 1 rings (SSSR count). The second-order valence-corrected chi connectivity index (χ2v) is 5.67. The summed E-state index contributed by atoms with van der Waals surface area (Å²) >= 11 is 0. The first kappa shape index (κ1) is 15.7. The summed E-state index contributed by atoms with van der Waals surface area (Å²) < 4.78 is 0. The van der Waals surface area contributed by atoms with Crippen LogP contribution in [0.15, 0.2) is 18.2 Å². The van der Waals surface area contributed by atoms with Gasteiger partial charge in [0, 0.05) is 17.6 Å². The highest BCUT2D eigenvalue weighted by Gasteiger charge is 2.13. The van der Waals surface area contributed by atoms with E-state index in [-0.39, 0.29) is 17.9 Å². The molecule has 0 heterocycles. The Morgan fingerprint density at radius 2 is 1.74 bits per heavy atom. The first-order chi connectivity index (χ1) is 8.88. The standard InChI is InChI=1S/C16H26N2O/c1-11-8-12(2)10-15(9-11)18-16(19)13(3)6-5-7-14(4)17/h8-10,13-14H,5-7,17H2,1-4H3,(H,18,19). The molecule has 0 spiro atoms. The number of nitrogens with one attached hydrogen (secondary N) is 1. The van der Waals surface area contributed by atoms with Crippen LogP contribution in [0.1, 0.15) is 44.2 Å². The van der Waals surface area contributed by atoms with Gasteiger partial charge in [0.05, 0.1) is 0 Å². The predicted molar refractivity (Wildman–Crippen MR) is 81.2 cm³/mol. The summed E-state index contributed by atoms with van der Waals surface area (Å²) in [5, 5.41) is 2.99. The third-order valence-electron chi connectivity index (χ3n) is 3.23. The van der Waals surface area contributed by atoms with Crippen LogP contribution in [0.5, 0.6) is 0 Å². The Morgan fingerprint density at radius 1 is 1.16 bits per heavy atom. The first-order valence-electron chi connectivity index (χ1n) is 7.03. The summed E-state index contributed by atoms with van der Waals surface area (Å²) in [7, 11) is 0. The Kier molecular flexibility index (Phi) is 6.03. The lowest BCUT2D eigenvalue weighted by atomic mass is 10.0. The number of hydrogen-bond acceptors (Lipinski definition) is 2. The van der Waals surface area contributed by atoms with Gasteiger partial charge in [-0.15, -0.1) is 0 Å². The first-order valence-corrected chi connectivity index (χ1v) is 7.03. The van der Waals surface area contributed by atoms with E-state index in [1.165, 1.54) is 11.1 Å². The summed E-state index contributed by atoms with van der Waals surface area (Å²) in [6.45, 7) is 8.04. The van der Waals surface area contributed by atoms with Crippen LogP contribution < -0.4 is 11.1 Å². The molecule has 0 aliphatic carbocycles. The molecule has 0 fully saturated rings. The molecule has 3 N–H and O–H groups in total. The molecule has 1 amide bonds. The van der Waals surface area contributed by atoms with Crippen molar-refractivity contribution in [2.24, 2.45) is 11.7 Å². The largest absolute Gasteiger partial charge is 0.328 e. The lowest BCUT2D eigenvalue weighted by Gasteiger charge is -2.13. The van der Waals surface area contributed by atoms with Crippen LogP contribution in [0, 0.1) is 19.8 Å².